The van der Waals surface area contributed by atoms with Gasteiger partial charge in [0.2, 0.25) is 0 Å². The predicted molar refractivity (Wildman–Crippen MR) is 382 cm³/mol. The average molecular weight is 1180 g/mol. The maximum absolute atomic E-state index is 13.0. The van der Waals surface area contributed by atoms with Gasteiger partial charge in [0.05, 0.1) is 66.5 Å². The first-order valence-corrected chi connectivity index (χ1v) is 31.4. The Kier molecular flexibility index (Phi) is 11.4. The first-order valence-electron chi connectivity index (χ1n) is 31.4. The van der Waals surface area contributed by atoms with E-state index in [1.807, 2.05) is 12.1 Å². The lowest BCUT2D eigenvalue weighted by Gasteiger charge is -2.23. The first kappa shape index (κ1) is 52.0. The van der Waals surface area contributed by atoms with Crippen molar-refractivity contribution in [3.63, 3.8) is 0 Å². The Labute approximate surface area is 533 Å². The van der Waals surface area contributed by atoms with Crippen molar-refractivity contribution in [2.45, 2.75) is 0 Å². The lowest BCUT2D eigenvalue weighted by molar-refractivity contribution is 0.668. The summed E-state index contributed by atoms with van der Waals surface area (Å²) in [7, 11) is 0. The highest BCUT2D eigenvalue weighted by molar-refractivity contribution is 6.28. The van der Waals surface area contributed by atoms with Crippen LogP contribution in [0.4, 0.5) is 0 Å². The SMILES string of the molecule is N#Cc1c(-n2c3ccccc3c3cc4c(cc32)c2ccccc2n4-c2ccccc2)c(-n2c3ccccc3c3cc4c(cc32)c2ccccc2n4-c2ccccc2)c(C#N)c2c1oc1c(-c3ccccc3)c(-c3ccccc3)c(-c3ccccc3)c(-c3ccccc3)c12. The smallest absolute Gasteiger partial charge is 0.156 e. The van der Waals surface area contributed by atoms with E-state index in [4.69, 9.17) is 4.42 Å². The van der Waals surface area contributed by atoms with E-state index in [1.165, 1.54) is 0 Å². The number of aromatic nitrogens is 4. The van der Waals surface area contributed by atoms with E-state index >= 15 is 0 Å². The predicted octanol–water partition coefficient (Wildman–Crippen LogP) is 22.4. The normalized spacial score (nSPS) is 11.8. The largest absolute Gasteiger partial charge is 0.454 e. The van der Waals surface area contributed by atoms with Crippen molar-refractivity contribution >= 4 is 109 Å². The molecule has 0 saturated heterocycles. The van der Waals surface area contributed by atoms with Crippen molar-refractivity contribution < 1.29 is 4.42 Å². The van der Waals surface area contributed by atoms with Crippen molar-refractivity contribution in [2.75, 3.05) is 0 Å². The quantitative estimate of drug-likeness (QED) is 0.152. The van der Waals surface area contributed by atoms with Gasteiger partial charge in [-0.3, -0.25) is 0 Å². The topological polar surface area (TPSA) is 80.4 Å². The fourth-order valence-electron chi connectivity index (χ4n) is 15.5. The van der Waals surface area contributed by atoms with Crippen LogP contribution >= 0.6 is 0 Å². The molecule has 0 fully saturated rings. The summed E-state index contributed by atoms with van der Waals surface area (Å²) in [5, 5.41) is 35.4. The zero-order valence-electron chi connectivity index (χ0n) is 50.0. The molecule has 0 bridgehead atoms. The van der Waals surface area contributed by atoms with Gasteiger partial charge in [-0.25, -0.2) is 0 Å². The van der Waals surface area contributed by atoms with Crippen molar-refractivity contribution in [2.24, 2.45) is 0 Å². The van der Waals surface area contributed by atoms with Gasteiger partial charge in [-0.15, -0.1) is 0 Å². The molecule has 19 rings (SSSR count). The number of para-hydroxylation sites is 6. The van der Waals surface area contributed by atoms with Gasteiger partial charge in [-0.2, -0.15) is 10.5 Å². The van der Waals surface area contributed by atoms with Gasteiger partial charge in [0.15, 0.2) is 5.58 Å². The molecule has 14 aromatic carbocycles. The third-order valence-electron chi connectivity index (χ3n) is 19.2. The Balaban J connectivity index is 1.08. The Bertz CT molecular complexity index is 6400. The van der Waals surface area contributed by atoms with Crippen LogP contribution in [-0.4, -0.2) is 18.3 Å². The fraction of sp³-hybridized carbons (Fsp3) is 0. The number of benzene rings is 14. The number of fused-ring (bicyclic) bond motifs is 15. The van der Waals surface area contributed by atoms with E-state index in [0.29, 0.717) is 33.5 Å². The van der Waals surface area contributed by atoms with Crippen LogP contribution in [0.1, 0.15) is 11.1 Å². The van der Waals surface area contributed by atoms with Gasteiger partial charge in [0.25, 0.3) is 0 Å². The molecular weight excluding hydrogens is 1130 g/mol. The molecule has 19 aromatic rings. The molecule has 5 aromatic heterocycles. The minimum atomic E-state index is 0.290. The van der Waals surface area contributed by atoms with Crippen LogP contribution in [0.2, 0.25) is 0 Å². The molecule has 7 nitrogen and oxygen atoms in total. The number of nitriles is 2. The summed E-state index contributed by atoms with van der Waals surface area (Å²) in [4.78, 5) is 0. The Morgan fingerprint density at radius 2 is 0.527 bits per heavy atom. The van der Waals surface area contributed by atoms with E-state index in [9.17, 15) is 10.5 Å². The molecular formula is C86H50N6O. The zero-order valence-corrected chi connectivity index (χ0v) is 50.0. The first-order chi connectivity index (χ1) is 46.1. The summed E-state index contributed by atoms with van der Waals surface area (Å²) in [6, 6.07) is 113. The molecule has 0 atom stereocenters. The van der Waals surface area contributed by atoms with Crippen LogP contribution in [0.5, 0.6) is 0 Å². The molecule has 0 unspecified atom stereocenters. The third-order valence-corrected chi connectivity index (χ3v) is 19.2. The molecule has 0 spiro atoms. The van der Waals surface area contributed by atoms with Crippen LogP contribution in [-0.2, 0) is 0 Å². The number of hydrogen-bond acceptors (Lipinski definition) is 3. The molecule has 5 heterocycles. The van der Waals surface area contributed by atoms with Gasteiger partial charge in [-0.1, -0.05) is 231 Å². The molecule has 0 radical (unpaired) electrons. The maximum atomic E-state index is 13.0. The molecule has 7 heteroatoms. The highest BCUT2D eigenvalue weighted by atomic mass is 16.3. The maximum Gasteiger partial charge on any atom is 0.156 e. The summed E-state index contributed by atoms with van der Waals surface area (Å²) in [5.74, 6) is 0. The monoisotopic (exact) mass is 1180 g/mol. The van der Waals surface area contributed by atoms with Crippen molar-refractivity contribution in [3.8, 4) is 79.4 Å². The van der Waals surface area contributed by atoms with E-state index in [1.54, 1.807) is 0 Å². The van der Waals surface area contributed by atoms with Gasteiger partial charge >= 0.3 is 0 Å². The minimum absolute atomic E-state index is 0.290. The van der Waals surface area contributed by atoms with Gasteiger partial charge in [0, 0.05) is 76.5 Å². The fourth-order valence-corrected chi connectivity index (χ4v) is 15.5. The van der Waals surface area contributed by atoms with Gasteiger partial charge in [-0.05, 0) is 101 Å². The summed E-state index contributed by atoms with van der Waals surface area (Å²) in [6.45, 7) is 0. The number of rotatable bonds is 8. The number of furan rings is 1. The standard InChI is InChI=1S/C86H50N6O/c87-51-67-81-82-79(55-31-11-3-12-32-55)77(53-27-7-1-8-28-53)78(54-29-9-2-10-30-54)80(56-33-13-4-14-34-56)86(82)93-85(81)68(52-88)84(92-72-46-26-22-42-62(72)66-48-74-64(50-76(66)92)60-40-20-24-44-70(60)90(74)58-37-17-6-18-38-58)83(67)91-71-45-25-21-41-61(71)65-47-73-63(49-75(65)91)59-39-19-23-43-69(59)89(73)57-35-15-5-16-36-57/h1-50H. The van der Waals surface area contributed by atoms with Gasteiger partial charge in [0.1, 0.15) is 23.3 Å². The van der Waals surface area contributed by atoms with Gasteiger partial charge < -0.3 is 22.7 Å². The molecule has 430 valence electrons. The van der Waals surface area contributed by atoms with Crippen LogP contribution in [0, 0.1) is 22.7 Å². The molecule has 0 amide bonds. The molecule has 93 heavy (non-hydrogen) atoms. The third kappa shape index (κ3) is 7.45. The second-order valence-electron chi connectivity index (χ2n) is 24.0. The Hall–Kier alpha value is -12.9. The summed E-state index contributed by atoms with van der Waals surface area (Å²) in [6.07, 6.45) is 0. The van der Waals surface area contributed by atoms with Crippen LogP contribution in [0.15, 0.2) is 308 Å². The second-order valence-corrected chi connectivity index (χ2v) is 24.0. The Morgan fingerprint density at radius 3 is 0.903 bits per heavy atom. The van der Waals surface area contributed by atoms with E-state index in [0.717, 1.165) is 148 Å². The molecule has 0 aliphatic heterocycles. The zero-order chi connectivity index (χ0) is 61.4. The summed E-state index contributed by atoms with van der Waals surface area (Å²) < 4.78 is 17.1. The highest BCUT2D eigenvalue weighted by Crippen LogP contribution is 2.56. The van der Waals surface area contributed by atoms with Crippen molar-refractivity contribution in [3.05, 3.63) is 314 Å². The summed E-state index contributed by atoms with van der Waals surface area (Å²) in [5.41, 5.74) is 20.0. The number of nitrogens with zero attached hydrogens (tertiary/aromatic N) is 6. The Morgan fingerprint density at radius 1 is 0.237 bits per heavy atom. The van der Waals surface area contributed by atoms with E-state index < -0.39 is 0 Å². The molecule has 0 N–H and O–H groups in total. The second kappa shape index (κ2) is 20.3. The highest BCUT2D eigenvalue weighted by Gasteiger charge is 2.36. The molecule has 0 aliphatic rings. The van der Waals surface area contributed by atoms with Crippen molar-refractivity contribution in [1.82, 2.24) is 18.3 Å². The summed E-state index contributed by atoms with van der Waals surface area (Å²) >= 11 is 0. The van der Waals surface area contributed by atoms with Crippen LogP contribution in [0.3, 0.4) is 0 Å². The van der Waals surface area contributed by atoms with Crippen molar-refractivity contribution in [1.29, 1.82) is 10.5 Å². The van der Waals surface area contributed by atoms with Crippen LogP contribution in [0.25, 0.3) is 176 Å². The lowest BCUT2D eigenvalue weighted by atomic mass is 9.80. The van der Waals surface area contributed by atoms with E-state index in [2.05, 4.69) is 322 Å². The van der Waals surface area contributed by atoms with Crippen LogP contribution < -0.4 is 0 Å². The molecule has 0 aliphatic carbocycles. The molecule has 0 saturated carbocycles. The van der Waals surface area contributed by atoms with E-state index in [-0.39, 0.29) is 5.56 Å². The minimum Gasteiger partial charge on any atom is -0.454 e. The lowest BCUT2D eigenvalue weighted by Crippen LogP contribution is -2.09. The average Bonchev–Trinajstić information content (AvgIpc) is 1.58. The number of hydrogen-bond donors (Lipinski definition) is 0.